The van der Waals surface area contributed by atoms with Crippen LogP contribution in [-0.2, 0) is 0 Å². The van der Waals surface area contributed by atoms with Crippen LogP contribution in [0.4, 0.5) is 0 Å². The number of nitrogens with zero attached hydrogens (tertiary/aromatic N) is 2. The van der Waals surface area contributed by atoms with E-state index in [4.69, 9.17) is 8.83 Å². The molecule has 0 fully saturated rings. The number of benzene rings is 2. The minimum atomic E-state index is 0.651. The summed E-state index contributed by atoms with van der Waals surface area (Å²) in [5.74, 6) is 0.834. The Balaban J connectivity index is 1.54. The molecule has 138 valence electrons. The van der Waals surface area contributed by atoms with Crippen LogP contribution < -0.4 is 0 Å². The first kappa shape index (κ1) is 16.1. The van der Waals surface area contributed by atoms with Crippen LogP contribution in [0, 0.1) is 6.92 Å². The van der Waals surface area contributed by atoms with E-state index in [0.717, 1.165) is 55.6 Å². The zero-order chi connectivity index (χ0) is 19.4. The van der Waals surface area contributed by atoms with E-state index in [-0.39, 0.29) is 0 Å². The molecular weight excluding hydrogens is 360 g/mol. The van der Waals surface area contributed by atoms with Crippen molar-refractivity contribution in [3.63, 3.8) is 0 Å². The van der Waals surface area contributed by atoms with Crippen molar-refractivity contribution in [1.82, 2.24) is 9.97 Å². The number of hydrogen-bond acceptors (Lipinski definition) is 4. The fraction of sp³-hybridized carbons (Fsp3) is 0.0400. The average molecular weight is 376 g/mol. The molecule has 0 unspecified atom stereocenters. The Morgan fingerprint density at radius 2 is 1.69 bits per heavy atom. The second kappa shape index (κ2) is 6.04. The van der Waals surface area contributed by atoms with Gasteiger partial charge in [0, 0.05) is 45.2 Å². The second-order valence-corrected chi connectivity index (χ2v) is 7.17. The van der Waals surface area contributed by atoms with E-state index in [1.54, 1.807) is 0 Å². The summed E-state index contributed by atoms with van der Waals surface area (Å²) in [6, 6.07) is 24.2. The summed E-state index contributed by atoms with van der Waals surface area (Å²) in [4.78, 5) is 9.21. The molecule has 0 saturated carbocycles. The standard InChI is InChI=1S/C25H16N2O2/c1-15-10-11-19-18-8-5-9-20(24(18)29-25(19)27-15)21-13-23-17(14-26-21)12-22(28-23)16-6-3-2-4-7-16/h2-14H,1H3. The highest BCUT2D eigenvalue weighted by Gasteiger charge is 2.15. The van der Waals surface area contributed by atoms with Gasteiger partial charge in [-0.1, -0.05) is 42.5 Å². The van der Waals surface area contributed by atoms with Gasteiger partial charge in [0.2, 0.25) is 5.71 Å². The highest BCUT2D eigenvalue weighted by molar-refractivity contribution is 6.08. The Labute approximate surface area is 166 Å². The fourth-order valence-electron chi connectivity index (χ4n) is 3.80. The van der Waals surface area contributed by atoms with Gasteiger partial charge in [0.25, 0.3) is 0 Å². The lowest BCUT2D eigenvalue weighted by Crippen LogP contribution is -1.83. The van der Waals surface area contributed by atoms with Crippen LogP contribution in [0.2, 0.25) is 0 Å². The minimum Gasteiger partial charge on any atom is -0.456 e. The van der Waals surface area contributed by atoms with Gasteiger partial charge in [-0.25, -0.2) is 4.98 Å². The van der Waals surface area contributed by atoms with Gasteiger partial charge >= 0.3 is 0 Å². The Morgan fingerprint density at radius 3 is 2.59 bits per heavy atom. The number of fused-ring (bicyclic) bond motifs is 4. The predicted molar refractivity (Wildman–Crippen MR) is 115 cm³/mol. The summed E-state index contributed by atoms with van der Waals surface area (Å²) in [7, 11) is 0. The molecule has 0 bridgehead atoms. The van der Waals surface area contributed by atoms with Crippen LogP contribution in [0.5, 0.6) is 0 Å². The van der Waals surface area contributed by atoms with Crippen molar-refractivity contribution in [1.29, 1.82) is 0 Å². The van der Waals surface area contributed by atoms with Crippen LogP contribution >= 0.6 is 0 Å². The van der Waals surface area contributed by atoms with Crippen LogP contribution in [0.25, 0.3) is 55.6 Å². The van der Waals surface area contributed by atoms with Crippen molar-refractivity contribution in [2.24, 2.45) is 0 Å². The first-order valence-electron chi connectivity index (χ1n) is 9.50. The van der Waals surface area contributed by atoms with Gasteiger partial charge < -0.3 is 8.83 Å². The lowest BCUT2D eigenvalue weighted by Gasteiger charge is -2.01. The number of para-hydroxylation sites is 1. The normalized spacial score (nSPS) is 11.6. The molecule has 29 heavy (non-hydrogen) atoms. The molecule has 0 spiro atoms. The molecule has 4 nitrogen and oxygen atoms in total. The summed E-state index contributed by atoms with van der Waals surface area (Å²) in [5, 5.41) is 3.02. The Bertz CT molecular complexity index is 1510. The SMILES string of the molecule is Cc1ccc2c(n1)oc1c(-c3cc4oc(-c5ccccc5)cc4cn3)cccc12. The third kappa shape index (κ3) is 2.53. The fourth-order valence-corrected chi connectivity index (χ4v) is 3.80. The number of pyridine rings is 2. The van der Waals surface area contributed by atoms with E-state index in [1.165, 1.54) is 0 Å². The number of rotatable bonds is 2. The zero-order valence-electron chi connectivity index (χ0n) is 15.7. The van der Waals surface area contributed by atoms with Crippen molar-refractivity contribution < 1.29 is 8.83 Å². The van der Waals surface area contributed by atoms with Crippen molar-refractivity contribution in [2.45, 2.75) is 6.92 Å². The molecule has 4 aromatic heterocycles. The highest BCUT2D eigenvalue weighted by Crippen LogP contribution is 2.36. The van der Waals surface area contributed by atoms with Gasteiger partial charge in [-0.2, -0.15) is 0 Å². The topological polar surface area (TPSA) is 52.1 Å². The monoisotopic (exact) mass is 376 g/mol. The van der Waals surface area contributed by atoms with E-state index in [9.17, 15) is 0 Å². The largest absolute Gasteiger partial charge is 0.456 e. The van der Waals surface area contributed by atoms with Crippen molar-refractivity contribution in [2.75, 3.05) is 0 Å². The molecule has 6 aromatic rings. The maximum Gasteiger partial charge on any atom is 0.227 e. The van der Waals surface area contributed by atoms with Gasteiger partial charge in [-0.05, 0) is 31.2 Å². The van der Waals surface area contributed by atoms with Gasteiger partial charge in [0.1, 0.15) is 16.9 Å². The minimum absolute atomic E-state index is 0.651. The van der Waals surface area contributed by atoms with Crippen molar-refractivity contribution in [3.8, 4) is 22.6 Å². The number of aromatic nitrogens is 2. The molecular formula is C25H16N2O2. The molecule has 0 amide bonds. The zero-order valence-corrected chi connectivity index (χ0v) is 15.7. The molecule has 0 atom stereocenters. The molecule has 4 heterocycles. The molecule has 0 radical (unpaired) electrons. The Morgan fingerprint density at radius 1 is 0.793 bits per heavy atom. The van der Waals surface area contributed by atoms with Crippen LogP contribution in [-0.4, -0.2) is 9.97 Å². The van der Waals surface area contributed by atoms with E-state index < -0.39 is 0 Å². The maximum atomic E-state index is 6.12. The van der Waals surface area contributed by atoms with E-state index in [2.05, 4.69) is 22.1 Å². The first-order chi connectivity index (χ1) is 14.3. The van der Waals surface area contributed by atoms with Gasteiger partial charge in [-0.3, -0.25) is 4.98 Å². The summed E-state index contributed by atoms with van der Waals surface area (Å²) < 4.78 is 12.2. The van der Waals surface area contributed by atoms with Gasteiger partial charge in [0.05, 0.1) is 5.69 Å². The first-order valence-corrected chi connectivity index (χ1v) is 9.50. The molecule has 2 aromatic carbocycles. The summed E-state index contributed by atoms with van der Waals surface area (Å²) in [5.41, 5.74) is 5.97. The van der Waals surface area contributed by atoms with E-state index >= 15 is 0 Å². The smallest absolute Gasteiger partial charge is 0.227 e. The third-order valence-corrected chi connectivity index (χ3v) is 5.24. The Kier molecular flexibility index (Phi) is 3.35. The predicted octanol–water partition coefficient (Wildman–Crippen LogP) is 6.76. The van der Waals surface area contributed by atoms with Gasteiger partial charge in [0.15, 0.2) is 0 Å². The number of hydrogen-bond donors (Lipinski definition) is 0. The Hall–Kier alpha value is -3.92. The quantitative estimate of drug-likeness (QED) is 0.335. The summed E-state index contributed by atoms with van der Waals surface area (Å²) >= 11 is 0. The lowest BCUT2D eigenvalue weighted by atomic mass is 10.1. The van der Waals surface area contributed by atoms with E-state index in [1.807, 2.05) is 73.8 Å². The lowest BCUT2D eigenvalue weighted by molar-refractivity contribution is 0.631. The number of furan rings is 2. The molecule has 6 rings (SSSR count). The van der Waals surface area contributed by atoms with E-state index in [0.29, 0.717) is 5.71 Å². The second-order valence-electron chi connectivity index (χ2n) is 7.17. The van der Waals surface area contributed by atoms with Crippen molar-refractivity contribution >= 4 is 33.0 Å². The number of aryl methyl sites for hydroxylation is 1. The molecule has 0 aliphatic heterocycles. The maximum absolute atomic E-state index is 6.12. The highest BCUT2D eigenvalue weighted by atomic mass is 16.3. The molecule has 0 N–H and O–H groups in total. The average Bonchev–Trinajstić information content (AvgIpc) is 3.34. The van der Waals surface area contributed by atoms with Crippen LogP contribution in [0.1, 0.15) is 5.69 Å². The molecule has 0 aliphatic carbocycles. The summed E-state index contributed by atoms with van der Waals surface area (Å²) in [6.45, 7) is 1.96. The molecule has 4 heteroatoms. The van der Waals surface area contributed by atoms with Crippen molar-refractivity contribution in [3.05, 3.63) is 84.7 Å². The third-order valence-electron chi connectivity index (χ3n) is 5.24. The van der Waals surface area contributed by atoms with Crippen LogP contribution in [0.15, 0.2) is 87.8 Å². The molecule has 0 saturated heterocycles. The van der Waals surface area contributed by atoms with Gasteiger partial charge in [-0.15, -0.1) is 0 Å². The summed E-state index contributed by atoms with van der Waals surface area (Å²) in [6.07, 6.45) is 1.85. The molecule has 0 aliphatic rings. The van der Waals surface area contributed by atoms with Crippen LogP contribution in [0.3, 0.4) is 0 Å².